The fraction of sp³-hybridized carbons (Fsp3) is 0.643. The average Bonchev–Trinajstić information content (AvgIpc) is 2.92. The van der Waals surface area contributed by atoms with Gasteiger partial charge in [0.25, 0.3) is 0 Å². The average molecular weight is 265 g/mol. The lowest BCUT2D eigenvalue weighted by Crippen LogP contribution is -2.42. The molecule has 104 valence electrons. The molecule has 1 aromatic heterocycles. The Balaban J connectivity index is 1.77. The van der Waals surface area contributed by atoms with Crippen molar-refractivity contribution >= 4 is 0 Å². The minimum Gasteiger partial charge on any atom is -0.481 e. The van der Waals surface area contributed by atoms with Gasteiger partial charge in [0.1, 0.15) is 5.60 Å². The molecule has 1 saturated carbocycles. The van der Waals surface area contributed by atoms with Crippen molar-refractivity contribution in [1.82, 2.24) is 4.98 Å². The molecule has 0 unspecified atom stereocenters. The fourth-order valence-electron chi connectivity index (χ4n) is 2.87. The fourth-order valence-corrected chi connectivity index (χ4v) is 2.87. The summed E-state index contributed by atoms with van der Waals surface area (Å²) in [6.07, 6.45) is 2.57. The predicted molar refractivity (Wildman–Crippen MR) is 67.8 cm³/mol. The molecule has 1 aliphatic carbocycles. The molecule has 1 saturated heterocycles. The van der Waals surface area contributed by atoms with E-state index in [4.69, 9.17) is 14.2 Å². The van der Waals surface area contributed by atoms with E-state index in [1.807, 2.05) is 12.1 Å². The molecule has 0 radical (unpaired) electrons. The third-order valence-corrected chi connectivity index (χ3v) is 4.06. The molecule has 2 aliphatic rings. The summed E-state index contributed by atoms with van der Waals surface area (Å²) in [6, 6.07) is 5.48. The molecule has 19 heavy (non-hydrogen) atoms. The minimum absolute atomic E-state index is 0.467. The van der Waals surface area contributed by atoms with Gasteiger partial charge < -0.3 is 19.3 Å². The highest BCUT2D eigenvalue weighted by molar-refractivity contribution is 5.21. The molecule has 1 aliphatic heterocycles. The maximum Gasteiger partial charge on any atom is 0.213 e. The Kier molecular flexibility index (Phi) is 3.20. The molecule has 2 fully saturated rings. The molecule has 1 N–H and O–H groups in total. The lowest BCUT2D eigenvalue weighted by atomic mass is 9.79. The molecule has 2 heterocycles. The van der Waals surface area contributed by atoms with Crippen LogP contribution in [-0.2, 0) is 15.1 Å². The van der Waals surface area contributed by atoms with Gasteiger partial charge in [0, 0.05) is 18.9 Å². The number of aromatic nitrogens is 1. The molecule has 0 atom stereocenters. The second kappa shape index (κ2) is 4.74. The first kappa shape index (κ1) is 12.8. The Morgan fingerprint density at radius 2 is 1.84 bits per heavy atom. The van der Waals surface area contributed by atoms with Crippen LogP contribution in [0.5, 0.6) is 5.88 Å². The van der Waals surface area contributed by atoms with Gasteiger partial charge in [-0.1, -0.05) is 6.07 Å². The molecule has 3 rings (SSSR count). The van der Waals surface area contributed by atoms with Crippen molar-refractivity contribution < 1.29 is 19.3 Å². The van der Waals surface area contributed by atoms with E-state index in [1.54, 1.807) is 13.2 Å². The van der Waals surface area contributed by atoms with Gasteiger partial charge in [-0.3, -0.25) is 0 Å². The third-order valence-electron chi connectivity index (χ3n) is 4.06. The van der Waals surface area contributed by atoms with Gasteiger partial charge in [0.05, 0.1) is 26.0 Å². The second-order valence-corrected chi connectivity index (χ2v) is 5.20. The Morgan fingerprint density at radius 3 is 2.47 bits per heavy atom. The quantitative estimate of drug-likeness (QED) is 0.880. The number of nitrogens with zero attached hydrogens (tertiary/aromatic N) is 1. The summed E-state index contributed by atoms with van der Waals surface area (Å²) in [5.41, 5.74) is -0.241. The van der Waals surface area contributed by atoms with E-state index < -0.39 is 11.4 Å². The van der Waals surface area contributed by atoms with Crippen LogP contribution < -0.4 is 4.74 Å². The van der Waals surface area contributed by atoms with Crippen molar-refractivity contribution in [3.63, 3.8) is 0 Å². The summed E-state index contributed by atoms with van der Waals surface area (Å²) in [5.74, 6) is 0.0602. The maximum absolute atomic E-state index is 10.8. The molecule has 5 heteroatoms. The lowest BCUT2D eigenvalue weighted by molar-refractivity contribution is -0.204. The zero-order chi connectivity index (χ0) is 13.3. The van der Waals surface area contributed by atoms with Crippen LogP contribution in [0.15, 0.2) is 18.2 Å². The number of pyridine rings is 1. The Morgan fingerprint density at radius 1 is 1.16 bits per heavy atom. The summed E-state index contributed by atoms with van der Waals surface area (Å²) in [7, 11) is 1.58. The first-order valence-corrected chi connectivity index (χ1v) is 6.68. The van der Waals surface area contributed by atoms with Gasteiger partial charge in [0.15, 0.2) is 5.79 Å². The smallest absolute Gasteiger partial charge is 0.213 e. The minimum atomic E-state index is -0.908. The Hall–Kier alpha value is -1.17. The largest absolute Gasteiger partial charge is 0.481 e. The zero-order valence-electron chi connectivity index (χ0n) is 11.1. The van der Waals surface area contributed by atoms with E-state index >= 15 is 0 Å². The monoisotopic (exact) mass is 265 g/mol. The first-order valence-electron chi connectivity index (χ1n) is 6.68. The van der Waals surface area contributed by atoms with Gasteiger partial charge in [-0.25, -0.2) is 4.98 Å². The van der Waals surface area contributed by atoms with Crippen LogP contribution in [0.3, 0.4) is 0 Å². The van der Waals surface area contributed by atoms with E-state index in [1.165, 1.54) is 0 Å². The van der Waals surface area contributed by atoms with Crippen molar-refractivity contribution in [2.75, 3.05) is 20.3 Å². The van der Waals surface area contributed by atoms with Crippen LogP contribution in [-0.4, -0.2) is 36.2 Å². The van der Waals surface area contributed by atoms with Gasteiger partial charge in [0.2, 0.25) is 5.88 Å². The number of hydrogen-bond donors (Lipinski definition) is 1. The van der Waals surface area contributed by atoms with Crippen LogP contribution in [0.4, 0.5) is 0 Å². The van der Waals surface area contributed by atoms with Crippen molar-refractivity contribution in [3.8, 4) is 5.88 Å². The van der Waals surface area contributed by atoms with E-state index in [2.05, 4.69) is 4.98 Å². The van der Waals surface area contributed by atoms with Crippen molar-refractivity contribution in [3.05, 3.63) is 23.9 Å². The molecule has 0 bridgehead atoms. The summed E-state index contributed by atoms with van der Waals surface area (Å²) in [5, 5.41) is 10.8. The molecule has 0 amide bonds. The summed E-state index contributed by atoms with van der Waals surface area (Å²) < 4.78 is 16.5. The SMILES string of the molecule is COc1cccc(C2(O)CCC3(CC2)OCCO3)n1. The van der Waals surface area contributed by atoms with Gasteiger partial charge in [-0.15, -0.1) is 0 Å². The number of hydrogen-bond acceptors (Lipinski definition) is 5. The lowest BCUT2D eigenvalue weighted by Gasteiger charge is -2.40. The maximum atomic E-state index is 10.8. The van der Waals surface area contributed by atoms with Crippen LogP contribution >= 0.6 is 0 Å². The van der Waals surface area contributed by atoms with E-state index in [9.17, 15) is 5.11 Å². The van der Waals surface area contributed by atoms with Crippen molar-refractivity contribution in [2.45, 2.75) is 37.1 Å². The molecule has 5 nitrogen and oxygen atoms in total. The van der Waals surface area contributed by atoms with Crippen LogP contribution in [0, 0.1) is 0 Å². The third kappa shape index (κ3) is 2.33. The molecule has 0 aromatic carbocycles. The highest BCUT2D eigenvalue weighted by atomic mass is 16.7. The predicted octanol–water partition coefficient (Wildman–Crippen LogP) is 1.59. The first-order chi connectivity index (χ1) is 9.16. The molecular formula is C14H19NO4. The number of aliphatic hydroxyl groups is 1. The van der Waals surface area contributed by atoms with E-state index in [0.29, 0.717) is 50.5 Å². The number of rotatable bonds is 2. The molecule has 1 aromatic rings. The van der Waals surface area contributed by atoms with Gasteiger partial charge in [-0.2, -0.15) is 0 Å². The van der Waals surface area contributed by atoms with Crippen molar-refractivity contribution in [2.24, 2.45) is 0 Å². The highest BCUT2D eigenvalue weighted by Gasteiger charge is 2.46. The molecule has 1 spiro atoms. The van der Waals surface area contributed by atoms with E-state index in [0.717, 1.165) is 0 Å². The van der Waals surface area contributed by atoms with E-state index in [-0.39, 0.29) is 0 Å². The van der Waals surface area contributed by atoms with Crippen molar-refractivity contribution in [1.29, 1.82) is 0 Å². The molecular weight excluding hydrogens is 246 g/mol. The second-order valence-electron chi connectivity index (χ2n) is 5.20. The summed E-state index contributed by atoms with van der Waals surface area (Å²) in [6.45, 7) is 1.30. The van der Waals surface area contributed by atoms with Crippen LogP contribution in [0.25, 0.3) is 0 Å². The van der Waals surface area contributed by atoms with Gasteiger partial charge in [-0.05, 0) is 18.9 Å². The Bertz CT molecular complexity index is 447. The zero-order valence-corrected chi connectivity index (χ0v) is 11.1. The number of methoxy groups -OCH3 is 1. The Labute approximate surface area is 112 Å². The standard InChI is InChI=1S/C14H19NO4/c1-17-12-4-2-3-11(15-12)13(16)5-7-14(8-6-13)18-9-10-19-14/h2-4,16H,5-10H2,1H3. The highest BCUT2D eigenvalue weighted by Crippen LogP contribution is 2.44. The topological polar surface area (TPSA) is 60.8 Å². The number of ether oxygens (including phenoxy) is 3. The van der Waals surface area contributed by atoms with Crippen LogP contribution in [0.1, 0.15) is 31.4 Å². The summed E-state index contributed by atoms with van der Waals surface area (Å²) in [4.78, 5) is 4.35. The normalized spacial score (nSPS) is 24.5. The van der Waals surface area contributed by atoms with Gasteiger partial charge >= 0.3 is 0 Å². The van der Waals surface area contributed by atoms with Crippen LogP contribution in [0.2, 0.25) is 0 Å². The summed E-state index contributed by atoms with van der Waals surface area (Å²) >= 11 is 0.